The molecule has 3 aromatic rings. The summed E-state index contributed by atoms with van der Waals surface area (Å²) in [7, 11) is 0. The second kappa shape index (κ2) is 6.53. The summed E-state index contributed by atoms with van der Waals surface area (Å²) >= 11 is 1.68. The van der Waals surface area contributed by atoms with Crippen LogP contribution >= 0.6 is 11.3 Å². The van der Waals surface area contributed by atoms with E-state index >= 15 is 0 Å². The number of carbonyl (C=O) groups excluding carboxylic acids is 1. The molecule has 1 amide bonds. The maximum atomic E-state index is 12.4. The van der Waals surface area contributed by atoms with Crippen molar-refractivity contribution in [2.24, 2.45) is 0 Å². The first-order valence-electron chi connectivity index (χ1n) is 6.93. The van der Waals surface area contributed by atoms with Gasteiger partial charge in [0.05, 0.1) is 5.69 Å². The number of carbonyl (C=O) groups is 1. The van der Waals surface area contributed by atoms with Gasteiger partial charge in [0.1, 0.15) is 5.56 Å². The summed E-state index contributed by atoms with van der Waals surface area (Å²) in [5, 5.41) is 8.86. The van der Waals surface area contributed by atoms with Crippen LogP contribution in [-0.2, 0) is 6.42 Å². The predicted octanol–water partition coefficient (Wildman–Crippen LogP) is 3.08. The van der Waals surface area contributed by atoms with Crippen molar-refractivity contribution in [2.45, 2.75) is 13.3 Å². The zero-order valence-corrected chi connectivity index (χ0v) is 12.9. The highest BCUT2D eigenvalue weighted by molar-refractivity contribution is 7.09. The standard InChI is InChI=1S/C16H15N3O2S/c1-11-14(15(21-19-11)12-4-2-7-17-10-12)16(20)18-8-6-13-5-3-9-22-13/h2-5,7,9-10H,6,8H2,1H3,(H,18,20). The van der Waals surface area contributed by atoms with E-state index in [9.17, 15) is 4.79 Å². The van der Waals surface area contributed by atoms with E-state index in [-0.39, 0.29) is 5.91 Å². The molecule has 3 aromatic heterocycles. The second-order valence-electron chi connectivity index (χ2n) is 4.80. The van der Waals surface area contributed by atoms with Gasteiger partial charge >= 0.3 is 0 Å². The van der Waals surface area contributed by atoms with Crippen molar-refractivity contribution in [1.29, 1.82) is 0 Å². The van der Waals surface area contributed by atoms with Crippen molar-refractivity contribution in [3.05, 3.63) is 58.2 Å². The second-order valence-corrected chi connectivity index (χ2v) is 5.83. The first kappa shape index (κ1) is 14.5. The Morgan fingerprint density at radius 2 is 2.27 bits per heavy atom. The van der Waals surface area contributed by atoms with Gasteiger partial charge in [0.25, 0.3) is 5.91 Å². The van der Waals surface area contributed by atoms with Crippen molar-refractivity contribution in [1.82, 2.24) is 15.5 Å². The number of aromatic nitrogens is 2. The summed E-state index contributed by atoms with van der Waals surface area (Å²) in [5.41, 5.74) is 1.79. The first-order valence-corrected chi connectivity index (χ1v) is 7.81. The Bertz CT molecular complexity index is 751. The molecule has 0 aliphatic heterocycles. The minimum absolute atomic E-state index is 0.172. The van der Waals surface area contributed by atoms with Gasteiger partial charge in [0, 0.05) is 29.4 Å². The van der Waals surface area contributed by atoms with E-state index in [0.717, 1.165) is 12.0 Å². The fraction of sp³-hybridized carbons (Fsp3) is 0.188. The molecule has 0 atom stereocenters. The van der Waals surface area contributed by atoms with Gasteiger partial charge in [-0.05, 0) is 36.9 Å². The van der Waals surface area contributed by atoms with Crippen LogP contribution in [0.2, 0.25) is 0 Å². The number of thiophene rings is 1. The van der Waals surface area contributed by atoms with Crippen LogP contribution in [0.25, 0.3) is 11.3 Å². The zero-order valence-electron chi connectivity index (χ0n) is 12.1. The maximum absolute atomic E-state index is 12.4. The van der Waals surface area contributed by atoms with Gasteiger partial charge in [-0.3, -0.25) is 9.78 Å². The Labute approximate surface area is 132 Å². The predicted molar refractivity (Wildman–Crippen MR) is 84.8 cm³/mol. The van der Waals surface area contributed by atoms with Crippen molar-refractivity contribution in [3.63, 3.8) is 0 Å². The molecule has 0 radical (unpaired) electrons. The normalized spacial score (nSPS) is 10.6. The van der Waals surface area contributed by atoms with Crippen molar-refractivity contribution >= 4 is 17.2 Å². The van der Waals surface area contributed by atoms with Gasteiger partial charge in [0.2, 0.25) is 0 Å². The van der Waals surface area contributed by atoms with Gasteiger partial charge in [-0.25, -0.2) is 0 Å². The number of aryl methyl sites for hydroxylation is 1. The average Bonchev–Trinajstić information content (AvgIpc) is 3.17. The molecule has 0 fully saturated rings. The summed E-state index contributed by atoms with van der Waals surface area (Å²) in [6, 6.07) is 7.70. The Kier molecular flexibility index (Phi) is 4.29. The maximum Gasteiger partial charge on any atom is 0.257 e. The highest BCUT2D eigenvalue weighted by Crippen LogP contribution is 2.25. The molecule has 0 aliphatic rings. The van der Waals surface area contributed by atoms with Gasteiger partial charge in [-0.1, -0.05) is 11.2 Å². The number of nitrogens with one attached hydrogen (secondary N) is 1. The van der Waals surface area contributed by atoms with Crippen LogP contribution in [-0.4, -0.2) is 22.6 Å². The Morgan fingerprint density at radius 1 is 1.36 bits per heavy atom. The molecule has 0 aromatic carbocycles. The van der Waals surface area contributed by atoms with E-state index in [0.29, 0.717) is 23.6 Å². The molecule has 3 heterocycles. The van der Waals surface area contributed by atoms with E-state index in [1.807, 2.05) is 17.5 Å². The van der Waals surface area contributed by atoms with E-state index in [1.54, 1.807) is 36.7 Å². The quantitative estimate of drug-likeness (QED) is 0.786. The van der Waals surface area contributed by atoms with Crippen LogP contribution in [0.1, 0.15) is 20.9 Å². The number of amides is 1. The van der Waals surface area contributed by atoms with Crippen molar-refractivity contribution in [2.75, 3.05) is 6.54 Å². The Morgan fingerprint density at radius 3 is 3.00 bits per heavy atom. The molecule has 0 unspecified atom stereocenters. The number of hydrogen-bond donors (Lipinski definition) is 1. The molecule has 0 aliphatic carbocycles. The van der Waals surface area contributed by atoms with E-state index in [1.165, 1.54) is 4.88 Å². The minimum atomic E-state index is -0.172. The molecule has 22 heavy (non-hydrogen) atoms. The molecule has 0 saturated carbocycles. The summed E-state index contributed by atoms with van der Waals surface area (Å²) < 4.78 is 5.31. The van der Waals surface area contributed by atoms with Gasteiger partial charge in [-0.2, -0.15) is 0 Å². The third-order valence-corrected chi connectivity index (χ3v) is 4.19. The first-order chi connectivity index (χ1) is 10.8. The molecule has 1 N–H and O–H groups in total. The van der Waals surface area contributed by atoms with Gasteiger partial charge in [-0.15, -0.1) is 11.3 Å². The Hall–Kier alpha value is -2.47. The number of pyridine rings is 1. The summed E-state index contributed by atoms with van der Waals surface area (Å²) in [6.07, 6.45) is 4.14. The number of rotatable bonds is 5. The van der Waals surface area contributed by atoms with Crippen molar-refractivity contribution in [3.8, 4) is 11.3 Å². The third-order valence-electron chi connectivity index (χ3n) is 3.25. The molecular formula is C16H15N3O2S. The fourth-order valence-electron chi connectivity index (χ4n) is 2.17. The van der Waals surface area contributed by atoms with Crippen LogP contribution in [0.15, 0.2) is 46.6 Å². The molecule has 3 rings (SSSR count). The van der Waals surface area contributed by atoms with Gasteiger partial charge < -0.3 is 9.84 Å². The van der Waals surface area contributed by atoms with Gasteiger partial charge in [0.15, 0.2) is 5.76 Å². The van der Waals surface area contributed by atoms with Crippen molar-refractivity contribution < 1.29 is 9.32 Å². The van der Waals surface area contributed by atoms with Crippen LogP contribution in [0, 0.1) is 6.92 Å². The fourth-order valence-corrected chi connectivity index (χ4v) is 2.88. The largest absolute Gasteiger partial charge is 0.355 e. The van der Waals surface area contributed by atoms with Crippen LogP contribution in [0.4, 0.5) is 0 Å². The molecule has 5 nitrogen and oxygen atoms in total. The molecule has 0 spiro atoms. The van der Waals surface area contributed by atoms with E-state index in [2.05, 4.69) is 21.5 Å². The summed E-state index contributed by atoms with van der Waals surface area (Å²) in [5.74, 6) is 0.286. The molecular weight excluding hydrogens is 298 g/mol. The van der Waals surface area contributed by atoms with E-state index in [4.69, 9.17) is 4.52 Å². The SMILES string of the molecule is Cc1noc(-c2cccnc2)c1C(=O)NCCc1cccs1. The third kappa shape index (κ3) is 3.07. The lowest BCUT2D eigenvalue weighted by Gasteiger charge is -2.05. The zero-order chi connectivity index (χ0) is 15.4. The molecule has 0 bridgehead atoms. The Balaban J connectivity index is 1.73. The highest BCUT2D eigenvalue weighted by Gasteiger charge is 2.21. The smallest absolute Gasteiger partial charge is 0.257 e. The molecule has 112 valence electrons. The topological polar surface area (TPSA) is 68.0 Å². The number of hydrogen-bond acceptors (Lipinski definition) is 5. The number of nitrogens with zero attached hydrogens (tertiary/aromatic N) is 2. The van der Waals surface area contributed by atoms with Crippen LogP contribution < -0.4 is 5.32 Å². The lowest BCUT2D eigenvalue weighted by Crippen LogP contribution is -2.26. The van der Waals surface area contributed by atoms with Crippen LogP contribution in [0.5, 0.6) is 0 Å². The van der Waals surface area contributed by atoms with E-state index < -0.39 is 0 Å². The summed E-state index contributed by atoms with van der Waals surface area (Å²) in [6.45, 7) is 2.34. The minimum Gasteiger partial charge on any atom is -0.355 e. The average molecular weight is 313 g/mol. The summed E-state index contributed by atoms with van der Waals surface area (Å²) in [4.78, 5) is 17.7. The molecule has 0 saturated heterocycles. The lowest BCUT2D eigenvalue weighted by atomic mass is 10.1. The highest BCUT2D eigenvalue weighted by atomic mass is 32.1. The van der Waals surface area contributed by atoms with Crippen LogP contribution in [0.3, 0.4) is 0 Å². The monoisotopic (exact) mass is 313 g/mol. The molecule has 6 heteroatoms. The lowest BCUT2D eigenvalue weighted by molar-refractivity contribution is 0.0954.